The monoisotopic (exact) mass is 361 g/mol. The number of methoxy groups -OCH3 is 1. The van der Waals surface area contributed by atoms with Gasteiger partial charge in [0.2, 0.25) is 11.8 Å². The van der Waals surface area contributed by atoms with Crippen molar-refractivity contribution in [3.05, 3.63) is 24.3 Å². The summed E-state index contributed by atoms with van der Waals surface area (Å²) in [6.07, 6.45) is 4.42. The number of benzene rings is 1. The molecule has 7 heteroatoms. The number of carbonyl (C=O) groups is 1. The first-order chi connectivity index (χ1) is 12.2. The molecule has 0 aliphatic carbocycles. The molecule has 2 heterocycles. The lowest BCUT2D eigenvalue weighted by molar-refractivity contribution is -0.132. The van der Waals surface area contributed by atoms with E-state index in [-0.39, 0.29) is 5.91 Å². The molecule has 1 atom stereocenters. The summed E-state index contributed by atoms with van der Waals surface area (Å²) in [5.74, 6) is 1.64. The molecule has 1 aromatic heterocycles. The highest BCUT2D eigenvalue weighted by molar-refractivity contribution is 7.99. The van der Waals surface area contributed by atoms with Crippen molar-refractivity contribution >= 4 is 17.7 Å². The van der Waals surface area contributed by atoms with Gasteiger partial charge in [-0.3, -0.25) is 4.79 Å². The van der Waals surface area contributed by atoms with Gasteiger partial charge in [0.1, 0.15) is 5.75 Å². The summed E-state index contributed by atoms with van der Waals surface area (Å²) in [5, 5.41) is 8.52. The lowest BCUT2D eigenvalue weighted by atomic mass is 10.0. The predicted molar refractivity (Wildman–Crippen MR) is 96.7 cm³/mol. The normalized spacial score (nSPS) is 17.5. The van der Waals surface area contributed by atoms with Crippen molar-refractivity contribution in [2.24, 2.45) is 0 Å². The third kappa shape index (κ3) is 4.34. The summed E-state index contributed by atoms with van der Waals surface area (Å²) in [5.41, 5.74) is 0.798. The van der Waals surface area contributed by atoms with E-state index in [9.17, 15) is 4.79 Å². The molecule has 0 unspecified atom stereocenters. The molecule has 1 aromatic carbocycles. The zero-order chi connectivity index (χ0) is 17.6. The van der Waals surface area contributed by atoms with E-state index in [1.807, 2.05) is 29.2 Å². The number of rotatable bonds is 6. The minimum atomic E-state index is 0.151. The average Bonchev–Trinajstić information content (AvgIpc) is 3.15. The number of hydrogen-bond donors (Lipinski definition) is 0. The van der Waals surface area contributed by atoms with Crippen LogP contribution in [-0.2, 0) is 4.79 Å². The van der Waals surface area contributed by atoms with Crippen LogP contribution in [0, 0.1) is 0 Å². The first-order valence-electron chi connectivity index (χ1n) is 8.61. The van der Waals surface area contributed by atoms with Gasteiger partial charge in [-0.2, -0.15) is 0 Å². The fraction of sp³-hybridized carbons (Fsp3) is 0.500. The molecule has 0 radical (unpaired) electrons. The van der Waals surface area contributed by atoms with E-state index in [2.05, 4.69) is 17.1 Å². The first-order valence-corrected chi connectivity index (χ1v) is 9.60. The maximum atomic E-state index is 12.5. The fourth-order valence-electron chi connectivity index (χ4n) is 3.10. The molecule has 6 nitrogen and oxygen atoms in total. The Morgan fingerprint density at radius 1 is 1.40 bits per heavy atom. The van der Waals surface area contributed by atoms with Crippen LogP contribution < -0.4 is 4.74 Å². The van der Waals surface area contributed by atoms with Crippen molar-refractivity contribution in [1.29, 1.82) is 0 Å². The molecule has 134 valence electrons. The third-order valence-electron chi connectivity index (χ3n) is 4.46. The summed E-state index contributed by atoms with van der Waals surface area (Å²) >= 11 is 1.30. The van der Waals surface area contributed by atoms with Gasteiger partial charge in [0.25, 0.3) is 5.22 Å². The average molecular weight is 361 g/mol. The molecular weight excluding hydrogens is 338 g/mol. The van der Waals surface area contributed by atoms with Crippen molar-refractivity contribution in [2.75, 3.05) is 19.4 Å². The number of amides is 1. The van der Waals surface area contributed by atoms with Crippen molar-refractivity contribution in [2.45, 2.75) is 43.9 Å². The first kappa shape index (κ1) is 17.8. The maximum Gasteiger partial charge on any atom is 0.277 e. The molecule has 1 amide bonds. The van der Waals surface area contributed by atoms with Crippen LogP contribution in [0.15, 0.2) is 33.9 Å². The van der Waals surface area contributed by atoms with E-state index >= 15 is 0 Å². The molecule has 1 aliphatic heterocycles. The minimum absolute atomic E-state index is 0.151. The van der Waals surface area contributed by atoms with E-state index in [0.717, 1.165) is 37.1 Å². The van der Waals surface area contributed by atoms with Crippen molar-refractivity contribution in [3.8, 4) is 17.2 Å². The summed E-state index contributed by atoms with van der Waals surface area (Å²) in [6, 6.07) is 7.83. The minimum Gasteiger partial charge on any atom is -0.497 e. The van der Waals surface area contributed by atoms with Crippen molar-refractivity contribution in [1.82, 2.24) is 15.1 Å². The molecule has 25 heavy (non-hydrogen) atoms. The Hall–Kier alpha value is -2.02. The van der Waals surface area contributed by atoms with Gasteiger partial charge in [-0.1, -0.05) is 24.8 Å². The number of aromatic nitrogens is 2. The number of likely N-dealkylation sites (tertiary alicyclic amines) is 1. The summed E-state index contributed by atoms with van der Waals surface area (Å²) in [7, 11) is 1.62. The number of thioether (sulfide) groups is 1. The van der Waals surface area contributed by atoms with Gasteiger partial charge in [0, 0.05) is 18.2 Å². The number of carbonyl (C=O) groups excluding carboxylic acids is 1. The maximum absolute atomic E-state index is 12.5. The second-order valence-electron chi connectivity index (χ2n) is 6.04. The lowest BCUT2D eigenvalue weighted by Gasteiger charge is -2.35. The van der Waals surface area contributed by atoms with Gasteiger partial charge in [0.05, 0.1) is 12.9 Å². The topological polar surface area (TPSA) is 68.5 Å². The Morgan fingerprint density at radius 3 is 3.08 bits per heavy atom. The highest BCUT2D eigenvalue weighted by Crippen LogP contribution is 2.27. The Morgan fingerprint density at radius 2 is 2.28 bits per heavy atom. The van der Waals surface area contributed by atoms with E-state index in [4.69, 9.17) is 9.15 Å². The van der Waals surface area contributed by atoms with Gasteiger partial charge in [-0.15, -0.1) is 10.2 Å². The van der Waals surface area contributed by atoms with Crippen LogP contribution in [0.5, 0.6) is 5.75 Å². The molecule has 1 saturated heterocycles. The predicted octanol–water partition coefficient (Wildman–Crippen LogP) is 3.63. The van der Waals surface area contributed by atoms with Gasteiger partial charge in [0.15, 0.2) is 0 Å². The Kier molecular flexibility index (Phi) is 5.96. The number of nitrogens with zero attached hydrogens (tertiary/aromatic N) is 3. The van der Waals surface area contributed by atoms with Crippen LogP contribution in [0.25, 0.3) is 11.5 Å². The number of hydrogen-bond acceptors (Lipinski definition) is 6. The Balaban J connectivity index is 1.60. The largest absolute Gasteiger partial charge is 0.497 e. The van der Waals surface area contributed by atoms with Crippen LogP contribution in [-0.4, -0.2) is 46.5 Å². The highest BCUT2D eigenvalue weighted by Gasteiger charge is 2.25. The van der Waals surface area contributed by atoms with Crippen LogP contribution >= 0.6 is 11.8 Å². The summed E-state index contributed by atoms with van der Waals surface area (Å²) in [4.78, 5) is 14.5. The van der Waals surface area contributed by atoms with Crippen LogP contribution in [0.2, 0.25) is 0 Å². The molecular formula is C18H23N3O3S. The lowest BCUT2D eigenvalue weighted by Crippen LogP contribution is -2.44. The third-order valence-corrected chi connectivity index (χ3v) is 5.26. The zero-order valence-electron chi connectivity index (χ0n) is 14.6. The van der Waals surface area contributed by atoms with Gasteiger partial charge < -0.3 is 14.1 Å². The van der Waals surface area contributed by atoms with Crippen LogP contribution in [0.4, 0.5) is 0 Å². The van der Waals surface area contributed by atoms with Gasteiger partial charge in [-0.25, -0.2) is 0 Å². The van der Waals surface area contributed by atoms with Crippen molar-refractivity contribution < 1.29 is 13.9 Å². The van der Waals surface area contributed by atoms with Gasteiger partial charge in [-0.05, 0) is 43.9 Å². The molecule has 3 rings (SSSR count). The molecule has 0 spiro atoms. The highest BCUT2D eigenvalue weighted by atomic mass is 32.2. The summed E-state index contributed by atoms with van der Waals surface area (Å²) < 4.78 is 10.9. The standard InChI is InChI=1S/C18H23N3O3S/c1-3-14-8-4-5-10-21(14)16(22)12-25-18-20-19-17(24-18)13-7-6-9-15(11-13)23-2/h6-7,9,11,14H,3-5,8,10,12H2,1-2H3/t14-/m0/s1. The van der Waals surface area contributed by atoms with E-state index in [0.29, 0.717) is 22.9 Å². The zero-order valence-corrected chi connectivity index (χ0v) is 15.4. The van der Waals surface area contributed by atoms with Crippen molar-refractivity contribution in [3.63, 3.8) is 0 Å². The molecule has 0 N–H and O–H groups in total. The van der Waals surface area contributed by atoms with E-state index in [1.54, 1.807) is 7.11 Å². The quantitative estimate of drug-likeness (QED) is 0.732. The second kappa shape index (κ2) is 8.38. The Labute approximate surface area is 151 Å². The van der Waals surface area contributed by atoms with E-state index in [1.165, 1.54) is 18.2 Å². The second-order valence-corrected chi connectivity index (χ2v) is 6.97. The molecule has 0 bridgehead atoms. The molecule has 1 aliphatic rings. The van der Waals surface area contributed by atoms with Gasteiger partial charge >= 0.3 is 0 Å². The SMILES string of the molecule is CC[C@H]1CCCCN1C(=O)CSc1nnc(-c2cccc(OC)c2)o1. The molecule has 2 aromatic rings. The fourth-order valence-corrected chi connectivity index (χ4v) is 3.75. The Bertz CT molecular complexity index is 719. The summed E-state index contributed by atoms with van der Waals surface area (Å²) in [6.45, 7) is 3.00. The van der Waals surface area contributed by atoms with E-state index < -0.39 is 0 Å². The smallest absolute Gasteiger partial charge is 0.277 e. The number of ether oxygens (including phenoxy) is 1. The van der Waals surface area contributed by atoms with Crippen LogP contribution in [0.1, 0.15) is 32.6 Å². The molecule has 0 saturated carbocycles. The number of piperidine rings is 1. The molecule has 1 fully saturated rings. The van der Waals surface area contributed by atoms with Crippen LogP contribution in [0.3, 0.4) is 0 Å².